The molecule has 1 aliphatic rings. The first-order valence-corrected chi connectivity index (χ1v) is 12.0. The van der Waals surface area contributed by atoms with Gasteiger partial charge in [0.25, 0.3) is 5.56 Å². The molecule has 0 saturated carbocycles. The number of morpholine rings is 1. The van der Waals surface area contributed by atoms with Gasteiger partial charge in [0.2, 0.25) is 0 Å². The topological polar surface area (TPSA) is 130 Å². The van der Waals surface area contributed by atoms with Gasteiger partial charge in [0, 0.05) is 55.4 Å². The van der Waals surface area contributed by atoms with E-state index in [1.54, 1.807) is 18.5 Å². The van der Waals surface area contributed by atoms with Gasteiger partial charge in [-0.1, -0.05) is 0 Å². The first kappa shape index (κ1) is 21.5. The molecule has 0 aromatic carbocycles. The predicted molar refractivity (Wildman–Crippen MR) is 117 cm³/mol. The Labute approximate surface area is 179 Å². The second kappa shape index (κ2) is 8.40. The Hall–Kier alpha value is -2.76. The van der Waals surface area contributed by atoms with Crippen molar-refractivity contribution in [2.75, 3.05) is 37.5 Å². The fourth-order valence-electron chi connectivity index (χ4n) is 3.92. The molecule has 1 saturated heterocycles. The summed E-state index contributed by atoms with van der Waals surface area (Å²) >= 11 is 0. The highest BCUT2D eigenvalue weighted by molar-refractivity contribution is 7.90. The molecule has 0 aliphatic carbocycles. The summed E-state index contributed by atoms with van der Waals surface area (Å²) in [4.78, 5) is 27.3. The molecule has 4 rings (SSSR count). The number of aliphatic hydroxyl groups is 1. The summed E-state index contributed by atoms with van der Waals surface area (Å²) in [5.74, 6) is 0.167. The number of aromatic nitrogens is 4. The Morgan fingerprint density at radius 1 is 1.39 bits per heavy atom. The number of nitrogens with one attached hydrogen (secondary N) is 1. The number of H-pyrrole nitrogens is 1. The van der Waals surface area contributed by atoms with E-state index in [9.17, 15) is 18.3 Å². The average Bonchev–Trinajstić information content (AvgIpc) is 3.21. The van der Waals surface area contributed by atoms with Gasteiger partial charge in [-0.05, 0) is 19.1 Å². The van der Waals surface area contributed by atoms with Crippen LogP contribution < -0.4 is 10.5 Å². The monoisotopic (exact) mass is 447 g/mol. The van der Waals surface area contributed by atoms with Gasteiger partial charge in [0.15, 0.2) is 15.7 Å². The van der Waals surface area contributed by atoms with Crippen LogP contribution in [0.5, 0.6) is 0 Å². The van der Waals surface area contributed by atoms with Crippen molar-refractivity contribution in [1.82, 2.24) is 19.5 Å². The van der Waals surface area contributed by atoms with Gasteiger partial charge in [0.05, 0.1) is 24.9 Å². The fourth-order valence-corrected chi connectivity index (χ4v) is 5.03. The third kappa shape index (κ3) is 4.08. The summed E-state index contributed by atoms with van der Waals surface area (Å²) in [6, 6.07) is 3.53. The van der Waals surface area contributed by atoms with Gasteiger partial charge in [0.1, 0.15) is 11.0 Å². The third-order valence-electron chi connectivity index (χ3n) is 5.47. The number of nitrogens with zero attached hydrogens (tertiary/aromatic N) is 4. The zero-order chi connectivity index (χ0) is 22.2. The van der Waals surface area contributed by atoms with Crippen LogP contribution >= 0.6 is 0 Å². The van der Waals surface area contributed by atoms with E-state index < -0.39 is 20.8 Å². The van der Waals surface area contributed by atoms with Gasteiger partial charge in [-0.15, -0.1) is 0 Å². The molecule has 3 aromatic heterocycles. The van der Waals surface area contributed by atoms with Crippen LogP contribution in [0.25, 0.3) is 22.3 Å². The third-order valence-corrected chi connectivity index (χ3v) is 6.92. The quantitative estimate of drug-likeness (QED) is 0.571. The number of hydrogen-bond donors (Lipinski definition) is 2. The van der Waals surface area contributed by atoms with Gasteiger partial charge < -0.3 is 19.7 Å². The van der Waals surface area contributed by atoms with E-state index in [4.69, 9.17) is 4.74 Å². The van der Waals surface area contributed by atoms with Crippen LogP contribution in [0.4, 0.5) is 5.82 Å². The van der Waals surface area contributed by atoms with Crippen molar-refractivity contribution in [2.24, 2.45) is 0 Å². The van der Waals surface area contributed by atoms with Crippen LogP contribution in [0.3, 0.4) is 0 Å². The Balaban J connectivity index is 1.98. The van der Waals surface area contributed by atoms with Gasteiger partial charge in [-0.25, -0.2) is 18.4 Å². The predicted octanol–water partition coefficient (Wildman–Crippen LogP) is 0.937. The molecule has 3 aromatic rings. The Morgan fingerprint density at radius 3 is 2.90 bits per heavy atom. The summed E-state index contributed by atoms with van der Waals surface area (Å²) in [6.07, 6.45) is 5.81. The van der Waals surface area contributed by atoms with Gasteiger partial charge >= 0.3 is 0 Å². The minimum Gasteiger partial charge on any atom is -0.396 e. The highest BCUT2D eigenvalue weighted by atomic mass is 32.2. The molecule has 2 N–H and O–H groups in total. The van der Waals surface area contributed by atoms with Crippen molar-refractivity contribution in [2.45, 2.75) is 24.8 Å². The lowest BCUT2D eigenvalue weighted by molar-refractivity contribution is 0.0983. The van der Waals surface area contributed by atoms with E-state index in [1.165, 1.54) is 10.8 Å². The molecule has 31 heavy (non-hydrogen) atoms. The summed E-state index contributed by atoms with van der Waals surface area (Å²) in [5.41, 5.74) is 1.32. The molecule has 11 heteroatoms. The number of fused-ring (bicyclic) bond motifs is 1. The zero-order valence-corrected chi connectivity index (χ0v) is 18.2. The molecule has 0 spiro atoms. The lowest BCUT2D eigenvalue weighted by Crippen LogP contribution is -2.47. The minimum atomic E-state index is -3.68. The lowest BCUT2D eigenvalue weighted by Gasteiger charge is -2.34. The van der Waals surface area contributed by atoms with Crippen molar-refractivity contribution in [3.8, 4) is 11.3 Å². The number of rotatable bonds is 6. The van der Waals surface area contributed by atoms with E-state index in [-0.39, 0.29) is 24.9 Å². The second-order valence-corrected chi connectivity index (χ2v) is 9.88. The Bertz CT molecular complexity index is 1250. The fraction of sp³-hybridized carbons (Fsp3) is 0.450. The lowest BCUT2D eigenvalue weighted by atomic mass is 10.1. The van der Waals surface area contributed by atoms with Gasteiger partial charge in [-0.3, -0.25) is 9.36 Å². The van der Waals surface area contributed by atoms with E-state index in [1.807, 2.05) is 17.9 Å². The molecular formula is C20H25N5O5S. The average molecular weight is 448 g/mol. The van der Waals surface area contributed by atoms with Crippen molar-refractivity contribution in [3.63, 3.8) is 0 Å². The zero-order valence-electron chi connectivity index (χ0n) is 17.4. The Kier molecular flexibility index (Phi) is 5.82. The molecule has 4 heterocycles. The molecule has 2 atom stereocenters. The molecule has 1 fully saturated rings. The second-order valence-electron chi connectivity index (χ2n) is 7.67. The minimum absolute atomic E-state index is 0.100. The molecule has 0 amide bonds. The summed E-state index contributed by atoms with van der Waals surface area (Å²) in [7, 11) is -3.68. The van der Waals surface area contributed by atoms with E-state index in [0.717, 1.165) is 17.2 Å². The molecule has 1 unspecified atom stereocenters. The first-order chi connectivity index (χ1) is 14.8. The smallest absolute Gasteiger partial charge is 0.294 e. The number of pyridine rings is 1. The number of aromatic amines is 1. The first-order valence-electron chi connectivity index (χ1n) is 10.0. The SMILES string of the molecule is C[C@@H]1COCCN1c1nc(-c2ccnc3[nH]ccc23)cn(C(CCO)S(C)(=O)=O)c1=O. The van der Waals surface area contributed by atoms with Crippen molar-refractivity contribution in [1.29, 1.82) is 0 Å². The molecule has 1 aliphatic heterocycles. The summed E-state index contributed by atoms with van der Waals surface area (Å²) in [5, 5.41) is 9.08. The molecule has 10 nitrogen and oxygen atoms in total. The normalized spacial score (nSPS) is 18.4. The number of sulfone groups is 1. The highest BCUT2D eigenvalue weighted by Crippen LogP contribution is 2.28. The van der Waals surface area contributed by atoms with E-state index in [0.29, 0.717) is 31.1 Å². The number of hydrogen-bond acceptors (Lipinski definition) is 8. The maximum Gasteiger partial charge on any atom is 0.294 e. The van der Waals surface area contributed by atoms with Crippen molar-refractivity contribution >= 4 is 26.7 Å². The van der Waals surface area contributed by atoms with Crippen LogP contribution in [0.1, 0.15) is 18.7 Å². The largest absolute Gasteiger partial charge is 0.396 e. The van der Waals surface area contributed by atoms with Crippen LogP contribution in [0, 0.1) is 0 Å². The highest BCUT2D eigenvalue weighted by Gasteiger charge is 2.29. The van der Waals surface area contributed by atoms with Gasteiger partial charge in [-0.2, -0.15) is 0 Å². The van der Waals surface area contributed by atoms with E-state index >= 15 is 0 Å². The maximum absolute atomic E-state index is 13.4. The molecular weight excluding hydrogens is 422 g/mol. The standard InChI is InChI=1S/C20H25N5O5S/c1-13-12-30-10-8-24(13)19-20(27)25(17(5-9-26)31(2,28)29)11-16(23-19)14-3-6-21-18-15(14)4-7-22-18/h3-4,6-7,11,13,17,26H,5,8-10,12H2,1-2H3,(H,21,22)/t13-,17?/m1/s1. The van der Waals surface area contributed by atoms with Crippen LogP contribution in [0.2, 0.25) is 0 Å². The van der Waals surface area contributed by atoms with Crippen molar-refractivity contribution in [3.05, 3.63) is 41.1 Å². The maximum atomic E-state index is 13.4. The summed E-state index contributed by atoms with van der Waals surface area (Å²) < 4.78 is 31.7. The summed E-state index contributed by atoms with van der Waals surface area (Å²) in [6.45, 7) is 2.90. The Morgan fingerprint density at radius 2 is 2.19 bits per heavy atom. The van der Waals surface area contributed by atoms with Crippen molar-refractivity contribution < 1.29 is 18.3 Å². The molecule has 0 radical (unpaired) electrons. The molecule has 166 valence electrons. The van der Waals surface area contributed by atoms with Crippen LogP contribution in [0.15, 0.2) is 35.5 Å². The number of anilines is 1. The number of ether oxygens (including phenoxy) is 1. The van der Waals surface area contributed by atoms with Crippen LogP contribution in [-0.4, -0.2) is 71.7 Å². The van der Waals surface area contributed by atoms with E-state index in [2.05, 4.69) is 15.0 Å². The molecule has 0 bridgehead atoms. The number of aliphatic hydroxyl groups excluding tert-OH is 1. The van der Waals surface area contributed by atoms with Crippen LogP contribution in [-0.2, 0) is 14.6 Å².